The standard InChI is InChI=1S/C55H64F2N10O5/c1-5-36-29-66(30-37(6-2)60-36)52-45-27-59-50(44-26-41(69)25-34-8-12-46(56)42(7-3)48(34)44)49(57)51(45)61-54(62-52)72-33-55(16-17-55)32-63-20-22-65(23-21-63)38-14-18-64(19-15-38)39-9-11-43-35(24-39)28-67(53(43)71)40(31-68)10-13-47(70)58-4/h3,8-9,11-12,24-27,31,36-38,40,60,69H,5-6,10,13-23,28-30,32-33H2,1-2,4H3,(H,58,70). The van der Waals surface area contributed by atoms with Gasteiger partial charge in [-0.25, -0.2) is 8.78 Å². The number of nitrogens with one attached hydrogen (secondary N) is 2. The van der Waals surface area contributed by atoms with Crippen LogP contribution in [0.3, 0.4) is 0 Å². The summed E-state index contributed by atoms with van der Waals surface area (Å²) >= 11 is 0. The Kier molecular flexibility index (Phi) is 14.0. The number of carbonyl (C=O) groups is 3. The Morgan fingerprint density at radius 1 is 1.00 bits per heavy atom. The second-order valence-electron chi connectivity index (χ2n) is 20.5. The molecule has 4 fully saturated rings. The lowest BCUT2D eigenvalue weighted by atomic mass is 9.95. The topological polar surface area (TPSA) is 160 Å². The van der Waals surface area contributed by atoms with Crippen LogP contribution >= 0.6 is 0 Å². The molecular weight excluding hydrogens is 919 g/mol. The molecule has 0 radical (unpaired) electrons. The zero-order valence-electron chi connectivity index (χ0n) is 41.4. The Hall–Kier alpha value is -6.48. The van der Waals surface area contributed by atoms with E-state index in [-0.39, 0.29) is 75.2 Å². The maximum Gasteiger partial charge on any atom is 0.319 e. The molecule has 378 valence electrons. The van der Waals surface area contributed by atoms with Crippen molar-refractivity contribution in [3.8, 4) is 35.4 Å². The van der Waals surface area contributed by atoms with Gasteiger partial charge in [-0.3, -0.25) is 19.5 Å². The minimum atomic E-state index is -0.742. The van der Waals surface area contributed by atoms with E-state index in [1.807, 2.05) is 12.1 Å². The van der Waals surface area contributed by atoms with Gasteiger partial charge in [0.2, 0.25) is 5.91 Å². The van der Waals surface area contributed by atoms with E-state index in [9.17, 15) is 19.5 Å². The number of phenolic OH excluding ortho intramolecular Hbond substituents is 1. The van der Waals surface area contributed by atoms with Gasteiger partial charge in [0.25, 0.3) is 5.91 Å². The minimum Gasteiger partial charge on any atom is -0.508 e. The first-order chi connectivity index (χ1) is 34.9. The predicted molar refractivity (Wildman–Crippen MR) is 273 cm³/mol. The summed E-state index contributed by atoms with van der Waals surface area (Å²) in [7, 11) is 1.56. The molecule has 3 saturated heterocycles. The minimum absolute atomic E-state index is 0.0257. The maximum atomic E-state index is 17.3. The van der Waals surface area contributed by atoms with Crippen molar-refractivity contribution in [1.82, 2.24) is 40.3 Å². The van der Waals surface area contributed by atoms with E-state index in [4.69, 9.17) is 21.1 Å². The van der Waals surface area contributed by atoms with Crippen molar-refractivity contribution < 1.29 is 33.0 Å². The number of nitrogens with zero attached hydrogens (tertiary/aromatic N) is 8. The van der Waals surface area contributed by atoms with E-state index in [1.165, 1.54) is 24.3 Å². The number of benzene rings is 3. The van der Waals surface area contributed by atoms with Crippen LogP contribution in [0.4, 0.5) is 20.3 Å². The van der Waals surface area contributed by atoms with Gasteiger partial charge in [0.15, 0.2) is 5.82 Å². The SMILES string of the molecule is C#Cc1c(F)ccc2cc(O)cc(-c3ncc4c(N5CC(CC)NC(CC)C5)nc(OCC5(CN6CCN(C7CCN(c8ccc9c(c8)CN(C(C=O)CCC(=O)NC)C9=O)CC7)CC6)CC5)nc4c3F)c12. The molecule has 1 aliphatic carbocycles. The number of piperidine rings is 1. The monoisotopic (exact) mass is 983 g/mol. The number of fused-ring (bicyclic) bond motifs is 3. The molecule has 5 aromatic rings. The van der Waals surface area contributed by atoms with Gasteiger partial charge in [0, 0.05) is 131 Å². The number of hydrogen-bond donors (Lipinski definition) is 3. The van der Waals surface area contributed by atoms with Crippen LogP contribution in [0.2, 0.25) is 0 Å². The van der Waals surface area contributed by atoms with Gasteiger partial charge in [-0.2, -0.15) is 9.97 Å². The van der Waals surface area contributed by atoms with Crippen molar-refractivity contribution in [3.05, 3.63) is 77.0 Å². The molecular formula is C55H64F2N10O5. The largest absolute Gasteiger partial charge is 0.508 e. The van der Waals surface area contributed by atoms with Crippen LogP contribution < -0.4 is 25.2 Å². The molecule has 4 aliphatic heterocycles. The summed E-state index contributed by atoms with van der Waals surface area (Å²) in [4.78, 5) is 62.7. The van der Waals surface area contributed by atoms with Crippen molar-refractivity contribution in [2.45, 2.75) is 95.9 Å². The highest BCUT2D eigenvalue weighted by Crippen LogP contribution is 2.47. The molecule has 0 bridgehead atoms. The number of carbonyl (C=O) groups excluding carboxylic acids is 3. The summed E-state index contributed by atoms with van der Waals surface area (Å²) < 4.78 is 38.9. The van der Waals surface area contributed by atoms with Crippen LogP contribution in [-0.2, 0) is 16.1 Å². The lowest BCUT2D eigenvalue weighted by molar-refractivity contribution is -0.121. The quantitative estimate of drug-likeness (QED) is 0.0751. The van der Waals surface area contributed by atoms with Gasteiger partial charge in [-0.15, -0.1) is 6.42 Å². The number of piperazine rings is 2. The molecule has 6 heterocycles. The third-order valence-corrected chi connectivity index (χ3v) is 15.9. The fourth-order valence-corrected chi connectivity index (χ4v) is 11.5. The van der Waals surface area contributed by atoms with E-state index >= 15 is 8.78 Å². The van der Waals surface area contributed by atoms with E-state index in [2.05, 4.69) is 61.1 Å². The number of phenols is 1. The van der Waals surface area contributed by atoms with Gasteiger partial charge < -0.3 is 44.9 Å². The molecule has 15 nitrogen and oxygen atoms in total. The fourth-order valence-electron chi connectivity index (χ4n) is 11.5. The fraction of sp³-hybridized carbons (Fsp3) is 0.491. The Balaban J connectivity index is 0.796. The lowest BCUT2D eigenvalue weighted by Crippen LogP contribution is -2.56. The molecule has 3 N–H and O–H groups in total. The first kappa shape index (κ1) is 49.1. The molecule has 3 atom stereocenters. The van der Waals surface area contributed by atoms with Crippen molar-refractivity contribution in [2.24, 2.45) is 5.41 Å². The van der Waals surface area contributed by atoms with Crippen molar-refractivity contribution in [3.63, 3.8) is 0 Å². The van der Waals surface area contributed by atoms with Crippen LogP contribution in [0.15, 0.2) is 48.7 Å². The average Bonchev–Trinajstić information content (AvgIpc) is 4.10. The Morgan fingerprint density at radius 2 is 1.75 bits per heavy atom. The highest BCUT2D eigenvalue weighted by atomic mass is 19.1. The molecule has 2 amide bonds. The molecule has 2 aromatic heterocycles. The number of aromatic hydroxyl groups is 1. The van der Waals surface area contributed by atoms with E-state index < -0.39 is 17.7 Å². The highest BCUT2D eigenvalue weighted by Gasteiger charge is 2.46. The van der Waals surface area contributed by atoms with Gasteiger partial charge in [0.1, 0.15) is 34.9 Å². The predicted octanol–water partition coefficient (Wildman–Crippen LogP) is 6.27. The summed E-state index contributed by atoms with van der Waals surface area (Å²) in [6.45, 7) is 12.9. The summed E-state index contributed by atoms with van der Waals surface area (Å²) in [6.07, 6.45) is 14.5. The lowest BCUT2D eigenvalue weighted by Gasteiger charge is -2.44. The molecule has 3 aromatic carbocycles. The van der Waals surface area contributed by atoms with Crippen molar-refractivity contribution in [1.29, 1.82) is 0 Å². The second-order valence-corrected chi connectivity index (χ2v) is 20.5. The molecule has 5 aliphatic rings. The summed E-state index contributed by atoms with van der Waals surface area (Å²) in [5.74, 6) is 1.13. The Labute approximate surface area is 419 Å². The van der Waals surface area contributed by atoms with Crippen LogP contribution in [0, 0.1) is 29.4 Å². The molecule has 1 saturated carbocycles. The summed E-state index contributed by atoms with van der Waals surface area (Å²) in [5.41, 5.74) is 2.59. The zero-order valence-corrected chi connectivity index (χ0v) is 41.4. The van der Waals surface area contributed by atoms with Crippen LogP contribution in [0.5, 0.6) is 11.8 Å². The first-order valence-corrected chi connectivity index (χ1v) is 25.6. The molecule has 10 rings (SSSR count). The number of aromatic nitrogens is 3. The number of aldehydes is 1. The number of anilines is 2. The van der Waals surface area contributed by atoms with Crippen LogP contribution in [0.1, 0.15) is 86.7 Å². The number of halogens is 2. The number of terminal acetylenes is 1. The number of ether oxygens (including phenoxy) is 1. The summed E-state index contributed by atoms with van der Waals surface area (Å²) in [6, 6.07) is 11.9. The second kappa shape index (κ2) is 20.6. The van der Waals surface area contributed by atoms with Gasteiger partial charge in [-0.1, -0.05) is 25.8 Å². The normalized spacial score (nSPS) is 20.9. The summed E-state index contributed by atoms with van der Waals surface area (Å²) in [5, 5.41) is 18.2. The van der Waals surface area contributed by atoms with Crippen LogP contribution in [-0.4, -0.2) is 150 Å². The van der Waals surface area contributed by atoms with Gasteiger partial charge in [-0.05, 0) is 92.3 Å². The highest BCUT2D eigenvalue weighted by molar-refractivity contribution is 6.03. The average molecular weight is 983 g/mol. The maximum absolute atomic E-state index is 17.3. The molecule has 17 heteroatoms. The molecule has 3 unspecified atom stereocenters. The number of amides is 2. The molecule has 72 heavy (non-hydrogen) atoms. The third kappa shape index (κ3) is 9.76. The van der Waals surface area contributed by atoms with Crippen molar-refractivity contribution >= 4 is 51.3 Å². The number of pyridine rings is 1. The van der Waals surface area contributed by atoms with E-state index in [0.29, 0.717) is 60.9 Å². The third-order valence-electron chi connectivity index (χ3n) is 15.9. The van der Waals surface area contributed by atoms with Crippen molar-refractivity contribution in [2.75, 3.05) is 82.4 Å². The Bertz CT molecular complexity index is 2920. The smallest absolute Gasteiger partial charge is 0.319 e. The molecule has 0 spiro atoms. The first-order valence-electron chi connectivity index (χ1n) is 25.6. The number of hydrogen-bond acceptors (Lipinski definition) is 13. The Morgan fingerprint density at radius 3 is 2.43 bits per heavy atom. The van der Waals surface area contributed by atoms with E-state index in [1.54, 1.807) is 18.1 Å². The zero-order chi connectivity index (χ0) is 50.3. The number of rotatable bonds is 16. The van der Waals surface area contributed by atoms with Gasteiger partial charge >= 0.3 is 6.01 Å². The van der Waals surface area contributed by atoms with E-state index in [0.717, 1.165) is 102 Å². The van der Waals surface area contributed by atoms with Gasteiger partial charge in [0.05, 0.1) is 23.6 Å². The van der Waals surface area contributed by atoms with Crippen LogP contribution in [0.25, 0.3) is 32.9 Å².